The number of benzene rings is 3. The molecule has 5 heteroatoms. The summed E-state index contributed by atoms with van der Waals surface area (Å²) < 4.78 is 6.00. The molecule has 4 rings (SSSR count). The van der Waals surface area contributed by atoms with Crippen LogP contribution < -0.4 is 15.4 Å². The van der Waals surface area contributed by atoms with Crippen molar-refractivity contribution in [3.05, 3.63) is 88.9 Å². The van der Waals surface area contributed by atoms with E-state index in [2.05, 4.69) is 0 Å². The van der Waals surface area contributed by atoms with Crippen molar-refractivity contribution >= 4 is 28.9 Å². The molecule has 26 heavy (non-hydrogen) atoms. The molecule has 0 spiro atoms. The molecule has 2 N–H and O–H groups in total. The van der Waals surface area contributed by atoms with Crippen LogP contribution >= 0.6 is 11.6 Å². The van der Waals surface area contributed by atoms with Gasteiger partial charge in [0.1, 0.15) is 5.75 Å². The Bertz CT molecular complexity index is 942. The van der Waals surface area contributed by atoms with Gasteiger partial charge in [-0.3, -0.25) is 4.79 Å². The number of rotatable bonds is 3. The Morgan fingerprint density at radius 1 is 1.00 bits per heavy atom. The van der Waals surface area contributed by atoms with Gasteiger partial charge < -0.3 is 15.4 Å². The first-order chi connectivity index (χ1) is 12.6. The molecular formula is C21H17ClN2O2. The fraction of sp³-hybridized carbons (Fsp3) is 0.0952. The molecule has 1 heterocycles. The van der Waals surface area contributed by atoms with Crippen molar-refractivity contribution in [2.45, 2.75) is 12.6 Å². The van der Waals surface area contributed by atoms with Crippen LogP contribution in [0.1, 0.15) is 17.2 Å². The molecule has 1 aliphatic heterocycles. The molecule has 0 radical (unpaired) electrons. The largest absolute Gasteiger partial charge is 0.474 e. The summed E-state index contributed by atoms with van der Waals surface area (Å²) >= 11 is 5.97. The number of ether oxygens (including phenoxy) is 1. The summed E-state index contributed by atoms with van der Waals surface area (Å²) in [5.74, 6) is 0.480. The second-order valence-electron chi connectivity index (χ2n) is 6.19. The van der Waals surface area contributed by atoms with E-state index >= 15 is 0 Å². The summed E-state index contributed by atoms with van der Waals surface area (Å²) in [6, 6.07) is 22.3. The lowest BCUT2D eigenvalue weighted by atomic mass is 10.0. The van der Waals surface area contributed by atoms with Gasteiger partial charge in [0.25, 0.3) is 5.91 Å². The molecule has 3 aromatic rings. The van der Waals surface area contributed by atoms with Crippen molar-refractivity contribution in [2.75, 3.05) is 10.6 Å². The predicted molar refractivity (Wildman–Crippen MR) is 103 cm³/mol. The van der Waals surface area contributed by atoms with Crippen molar-refractivity contribution in [3.63, 3.8) is 0 Å². The van der Waals surface area contributed by atoms with Crippen molar-refractivity contribution in [2.24, 2.45) is 0 Å². The van der Waals surface area contributed by atoms with Crippen LogP contribution in [0.5, 0.6) is 5.75 Å². The van der Waals surface area contributed by atoms with Gasteiger partial charge in [-0.15, -0.1) is 0 Å². The molecule has 1 amide bonds. The zero-order valence-corrected chi connectivity index (χ0v) is 14.7. The lowest BCUT2D eigenvalue weighted by molar-refractivity contribution is -0.126. The summed E-state index contributed by atoms with van der Waals surface area (Å²) in [5.41, 5.74) is 9.03. The van der Waals surface area contributed by atoms with Crippen molar-refractivity contribution < 1.29 is 9.53 Å². The molecule has 0 fully saturated rings. The van der Waals surface area contributed by atoms with Gasteiger partial charge in [-0.2, -0.15) is 0 Å². The molecule has 0 aromatic heterocycles. The van der Waals surface area contributed by atoms with Gasteiger partial charge in [-0.1, -0.05) is 54.1 Å². The van der Waals surface area contributed by atoms with Gasteiger partial charge in [-0.25, -0.2) is 0 Å². The lowest BCUT2D eigenvalue weighted by Crippen LogP contribution is -2.40. The van der Waals surface area contributed by atoms with Crippen LogP contribution in [0.4, 0.5) is 11.4 Å². The highest BCUT2D eigenvalue weighted by molar-refractivity contribution is 6.30. The molecule has 3 aromatic carbocycles. The first-order valence-corrected chi connectivity index (χ1v) is 8.66. The van der Waals surface area contributed by atoms with E-state index in [1.165, 1.54) is 0 Å². The highest BCUT2D eigenvalue weighted by atomic mass is 35.5. The number of nitrogens with two attached hydrogens (primary N) is 1. The Balaban J connectivity index is 1.76. The van der Waals surface area contributed by atoms with E-state index in [0.29, 0.717) is 23.0 Å². The smallest absolute Gasteiger partial charge is 0.273 e. The Hall–Kier alpha value is -2.98. The fourth-order valence-electron chi connectivity index (χ4n) is 3.06. The molecule has 0 saturated heterocycles. The number of carbonyl (C=O) groups is 1. The highest BCUT2D eigenvalue weighted by Gasteiger charge is 2.35. The number of hydrogen-bond acceptors (Lipinski definition) is 3. The van der Waals surface area contributed by atoms with Crippen molar-refractivity contribution in [3.8, 4) is 5.75 Å². The number of hydrogen-bond donors (Lipinski definition) is 1. The quantitative estimate of drug-likeness (QED) is 0.691. The van der Waals surface area contributed by atoms with E-state index in [9.17, 15) is 4.79 Å². The van der Waals surface area contributed by atoms with Crippen LogP contribution in [-0.4, -0.2) is 5.91 Å². The normalized spacial score (nSPS) is 16.1. The molecule has 1 unspecified atom stereocenters. The zero-order valence-electron chi connectivity index (χ0n) is 13.9. The number of anilines is 2. The number of fused-ring (bicyclic) bond motifs is 1. The number of nitrogens with zero attached hydrogens (tertiary/aromatic N) is 1. The predicted octanol–water partition coefficient (Wildman–Crippen LogP) is 4.59. The van der Waals surface area contributed by atoms with Gasteiger partial charge >= 0.3 is 0 Å². The van der Waals surface area contributed by atoms with E-state index < -0.39 is 6.10 Å². The Labute approximate surface area is 156 Å². The van der Waals surface area contributed by atoms with Crippen LogP contribution in [0, 0.1) is 0 Å². The molecule has 130 valence electrons. The van der Waals surface area contributed by atoms with E-state index in [-0.39, 0.29) is 5.91 Å². The average Bonchev–Trinajstić information content (AvgIpc) is 2.65. The minimum Gasteiger partial charge on any atom is -0.474 e. The molecular weight excluding hydrogens is 348 g/mol. The summed E-state index contributed by atoms with van der Waals surface area (Å²) in [5, 5.41) is 0.614. The van der Waals surface area contributed by atoms with Crippen molar-refractivity contribution in [1.29, 1.82) is 0 Å². The van der Waals surface area contributed by atoms with Crippen LogP contribution in [-0.2, 0) is 11.3 Å². The standard InChI is InChI=1S/C21H17ClN2O2/c22-16-8-6-15(7-9-16)20-21(25)24(13-14-4-2-1-3-5-14)18-11-10-17(23)12-19(18)26-20/h1-12,20H,13,23H2. The average molecular weight is 365 g/mol. The minimum absolute atomic E-state index is 0.117. The Morgan fingerprint density at radius 2 is 1.73 bits per heavy atom. The summed E-state index contributed by atoms with van der Waals surface area (Å²) in [4.78, 5) is 14.9. The van der Waals surface area contributed by atoms with E-state index in [0.717, 1.165) is 16.8 Å². The molecule has 1 atom stereocenters. The maximum atomic E-state index is 13.2. The van der Waals surface area contributed by atoms with Gasteiger partial charge in [0.15, 0.2) is 0 Å². The summed E-state index contributed by atoms with van der Waals surface area (Å²) in [6.45, 7) is 0.462. The van der Waals surface area contributed by atoms with Gasteiger partial charge in [0.2, 0.25) is 6.10 Å². The molecule has 4 nitrogen and oxygen atoms in total. The number of carbonyl (C=O) groups excluding carboxylic acids is 1. The highest BCUT2D eigenvalue weighted by Crippen LogP contribution is 2.40. The van der Waals surface area contributed by atoms with Gasteiger partial charge in [-0.05, 0) is 29.8 Å². The second kappa shape index (κ2) is 6.73. The number of halogens is 1. The Morgan fingerprint density at radius 3 is 2.46 bits per heavy atom. The third kappa shape index (κ3) is 3.11. The van der Waals surface area contributed by atoms with Crippen LogP contribution in [0.15, 0.2) is 72.8 Å². The maximum absolute atomic E-state index is 13.2. The molecule has 1 aliphatic rings. The second-order valence-corrected chi connectivity index (χ2v) is 6.62. The Kier molecular flexibility index (Phi) is 4.27. The first-order valence-electron chi connectivity index (χ1n) is 8.29. The van der Waals surface area contributed by atoms with Gasteiger partial charge in [0.05, 0.1) is 12.2 Å². The number of nitrogen functional groups attached to an aromatic ring is 1. The zero-order chi connectivity index (χ0) is 18.1. The monoisotopic (exact) mass is 364 g/mol. The fourth-order valence-corrected chi connectivity index (χ4v) is 3.19. The van der Waals surface area contributed by atoms with Gasteiger partial charge in [0, 0.05) is 22.3 Å². The summed E-state index contributed by atoms with van der Waals surface area (Å²) in [7, 11) is 0. The maximum Gasteiger partial charge on any atom is 0.273 e. The SMILES string of the molecule is Nc1ccc2c(c1)OC(c1ccc(Cl)cc1)C(=O)N2Cc1ccccc1. The van der Waals surface area contributed by atoms with E-state index in [1.54, 1.807) is 29.2 Å². The third-order valence-electron chi connectivity index (χ3n) is 4.37. The van der Waals surface area contributed by atoms with Crippen LogP contribution in [0.2, 0.25) is 5.02 Å². The lowest BCUT2D eigenvalue weighted by Gasteiger charge is -2.34. The number of amides is 1. The van der Waals surface area contributed by atoms with Crippen LogP contribution in [0.25, 0.3) is 0 Å². The van der Waals surface area contributed by atoms with Crippen molar-refractivity contribution in [1.82, 2.24) is 0 Å². The van der Waals surface area contributed by atoms with Crippen LogP contribution in [0.3, 0.4) is 0 Å². The summed E-state index contributed by atoms with van der Waals surface area (Å²) in [6.07, 6.45) is -0.731. The van der Waals surface area contributed by atoms with E-state index in [4.69, 9.17) is 22.1 Å². The minimum atomic E-state index is -0.731. The molecule has 0 bridgehead atoms. The third-order valence-corrected chi connectivity index (χ3v) is 4.62. The molecule has 0 aliphatic carbocycles. The molecule has 0 saturated carbocycles. The first kappa shape index (κ1) is 16.5. The van der Waals surface area contributed by atoms with E-state index in [1.807, 2.05) is 48.5 Å². The topological polar surface area (TPSA) is 55.6 Å².